The zero-order valence-corrected chi connectivity index (χ0v) is 11.3. The monoisotopic (exact) mass is 264 g/mol. The molecule has 0 aromatic heterocycles. The Balaban J connectivity index is 0. The average molecular weight is 264 g/mol. The highest BCUT2D eigenvalue weighted by atomic mass is 31.2. The lowest BCUT2D eigenvalue weighted by Crippen LogP contribution is -1.95. The van der Waals surface area contributed by atoms with E-state index in [-0.39, 0.29) is 17.4 Å². The van der Waals surface area contributed by atoms with Crippen molar-refractivity contribution in [2.45, 2.75) is 65.2 Å². The summed E-state index contributed by atoms with van der Waals surface area (Å²) in [7, 11) is -2.77. The van der Waals surface area contributed by atoms with Crippen LogP contribution in [-0.4, -0.2) is 34.6 Å². The van der Waals surface area contributed by atoms with E-state index in [4.69, 9.17) is 0 Å². The SMILES string of the molecule is CCCCCCP(=O)(O)CCCCCC.[AlH3]. The Hall–Kier alpha value is 0.722. The molecule has 0 saturated heterocycles. The molecule has 0 heterocycles. The highest BCUT2D eigenvalue weighted by molar-refractivity contribution is 7.57. The molecule has 2 nitrogen and oxygen atoms in total. The van der Waals surface area contributed by atoms with Gasteiger partial charge in [0, 0.05) is 12.3 Å². The molecule has 98 valence electrons. The van der Waals surface area contributed by atoms with Crippen LogP contribution in [0.5, 0.6) is 0 Å². The van der Waals surface area contributed by atoms with E-state index in [0.29, 0.717) is 12.3 Å². The Morgan fingerprint density at radius 3 is 1.50 bits per heavy atom. The lowest BCUT2D eigenvalue weighted by molar-refractivity contribution is 0.470. The Labute approximate surface area is 112 Å². The maximum Gasteiger partial charge on any atom is 0.200 e. The fourth-order valence-electron chi connectivity index (χ4n) is 1.68. The molecule has 0 aliphatic heterocycles. The Kier molecular flexibility index (Phi) is 14.5. The summed E-state index contributed by atoms with van der Waals surface area (Å²) >= 11 is 0. The van der Waals surface area contributed by atoms with Crippen molar-refractivity contribution in [3.8, 4) is 0 Å². The molecule has 0 aromatic carbocycles. The van der Waals surface area contributed by atoms with E-state index in [9.17, 15) is 9.46 Å². The van der Waals surface area contributed by atoms with Gasteiger partial charge in [-0.05, 0) is 12.8 Å². The van der Waals surface area contributed by atoms with Crippen molar-refractivity contribution in [1.82, 2.24) is 0 Å². The van der Waals surface area contributed by atoms with Gasteiger partial charge in [-0.3, -0.25) is 4.57 Å². The van der Waals surface area contributed by atoms with E-state index in [1.165, 1.54) is 25.7 Å². The molecule has 0 aliphatic carbocycles. The number of rotatable bonds is 10. The van der Waals surface area contributed by atoms with Crippen LogP contribution in [0.15, 0.2) is 0 Å². The minimum Gasteiger partial charge on any atom is -0.344 e. The topological polar surface area (TPSA) is 37.3 Å². The van der Waals surface area contributed by atoms with E-state index in [1.807, 2.05) is 0 Å². The fraction of sp³-hybridized carbons (Fsp3) is 1.00. The van der Waals surface area contributed by atoms with Crippen LogP contribution in [0.2, 0.25) is 0 Å². The second-order valence-electron chi connectivity index (χ2n) is 4.41. The largest absolute Gasteiger partial charge is 0.344 e. The minimum atomic E-state index is -2.77. The van der Waals surface area contributed by atoms with Crippen molar-refractivity contribution in [2.24, 2.45) is 0 Å². The number of hydrogen-bond acceptors (Lipinski definition) is 1. The summed E-state index contributed by atoms with van der Waals surface area (Å²) < 4.78 is 11.7. The van der Waals surface area contributed by atoms with Gasteiger partial charge in [-0.15, -0.1) is 0 Å². The van der Waals surface area contributed by atoms with Crippen LogP contribution in [0, 0.1) is 0 Å². The van der Waals surface area contributed by atoms with Crippen molar-refractivity contribution in [3.63, 3.8) is 0 Å². The van der Waals surface area contributed by atoms with Crippen LogP contribution in [0.4, 0.5) is 0 Å². The van der Waals surface area contributed by atoms with Gasteiger partial charge in [0.15, 0.2) is 17.4 Å². The van der Waals surface area contributed by atoms with Gasteiger partial charge >= 0.3 is 0 Å². The van der Waals surface area contributed by atoms with E-state index < -0.39 is 7.37 Å². The molecular weight excluding hydrogens is 234 g/mol. The zero-order valence-electron chi connectivity index (χ0n) is 10.4. The van der Waals surface area contributed by atoms with Crippen molar-refractivity contribution in [1.29, 1.82) is 0 Å². The third kappa shape index (κ3) is 12.8. The average Bonchev–Trinajstić information content (AvgIpc) is 2.20. The standard InChI is InChI=1S/C12H27O2P.Al.3H/c1-3-5-7-9-11-15(13,14)12-10-8-6-4-2;;;;/h3-12H2,1-2H3,(H,13,14);;;;. The predicted octanol–water partition coefficient (Wildman–Crippen LogP) is 3.23. The van der Waals surface area contributed by atoms with Crippen LogP contribution in [-0.2, 0) is 4.57 Å². The highest BCUT2D eigenvalue weighted by Gasteiger charge is 2.16. The van der Waals surface area contributed by atoms with Crippen LogP contribution >= 0.6 is 7.37 Å². The zero-order chi connectivity index (χ0) is 11.6. The second-order valence-corrected chi connectivity index (χ2v) is 7.00. The molecule has 0 rings (SSSR count). The highest BCUT2D eigenvalue weighted by Crippen LogP contribution is 2.42. The summed E-state index contributed by atoms with van der Waals surface area (Å²) in [6, 6.07) is 0. The summed E-state index contributed by atoms with van der Waals surface area (Å²) in [4.78, 5) is 9.67. The second kappa shape index (κ2) is 12.2. The summed E-state index contributed by atoms with van der Waals surface area (Å²) in [5, 5.41) is 0. The smallest absolute Gasteiger partial charge is 0.200 e. The van der Waals surface area contributed by atoms with Gasteiger partial charge in [0.25, 0.3) is 0 Å². The van der Waals surface area contributed by atoms with E-state index >= 15 is 0 Å². The molecule has 1 N–H and O–H groups in total. The van der Waals surface area contributed by atoms with Crippen LogP contribution in [0.25, 0.3) is 0 Å². The fourth-order valence-corrected chi connectivity index (χ4v) is 3.34. The third-order valence-electron chi connectivity index (χ3n) is 2.72. The van der Waals surface area contributed by atoms with Gasteiger partial charge in [-0.1, -0.05) is 52.4 Å². The summed E-state index contributed by atoms with van der Waals surface area (Å²) in [6.07, 6.45) is 9.90. The third-order valence-corrected chi connectivity index (χ3v) is 4.75. The molecule has 0 atom stereocenters. The van der Waals surface area contributed by atoms with Crippen molar-refractivity contribution in [3.05, 3.63) is 0 Å². The summed E-state index contributed by atoms with van der Waals surface area (Å²) in [5.74, 6) is 0. The van der Waals surface area contributed by atoms with Gasteiger partial charge in [-0.2, -0.15) is 0 Å². The van der Waals surface area contributed by atoms with Crippen molar-refractivity contribution >= 4 is 24.7 Å². The first-order valence-corrected chi connectivity index (χ1v) is 8.46. The van der Waals surface area contributed by atoms with E-state index in [1.54, 1.807) is 0 Å². The molecule has 0 bridgehead atoms. The van der Waals surface area contributed by atoms with Crippen molar-refractivity contribution < 1.29 is 9.46 Å². The first-order chi connectivity index (χ1) is 7.12. The molecule has 0 fully saturated rings. The molecule has 16 heavy (non-hydrogen) atoms. The quantitative estimate of drug-likeness (QED) is 0.373. The molecule has 0 aliphatic rings. The van der Waals surface area contributed by atoms with Gasteiger partial charge in [-0.25, -0.2) is 0 Å². The molecule has 0 aromatic rings. The van der Waals surface area contributed by atoms with Crippen LogP contribution < -0.4 is 0 Å². The molecule has 0 spiro atoms. The van der Waals surface area contributed by atoms with Crippen LogP contribution in [0.3, 0.4) is 0 Å². The van der Waals surface area contributed by atoms with E-state index in [2.05, 4.69) is 13.8 Å². The Morgan fingerprint density at radius 2 is 1.19 bits per heavy atom. The lowest BCUT2D eigenvalue weighted by Gasteiger charge is -2.10. The predicted molar refractivity (Wildman–Crippen MR) is 77.8 cm³/mol. The Bertz CT molecular complexity index is 170. The molecule has 0 saturated carbocycles. The first kappa shape index (κ1) is 19.1. The molecule has 0 amide bonds. The maximum atomic E-state index is 11.7. The molecule has 4 heteroatoms. The van der Waals surface area contributed by atoms with Gasteiger partial charge < -0.3 is 4.89 Å². The van der Waals surface area contributed by atoms with Gasteiger partial charge in [0.1, 0.15) is 0 Å². The molecule has 0 radical (unpaired) electrons. The summed E-state index contributed by atoms with van der Waals surface area (Å²) in [5.41, 5.74) is 0. The minimum absolute atomic E-state index is 0. The normalized spacial score (nSPS) is 11.2. The number of unbranched alkanes of at least 4 members (excludes halogenated alkanes) is 6. The molecular formula is C12H30AlO2P. The Morgan fingerprint density at radius 1 is 0.812 bits per heavy atom. The molecule has 0 unspecified atom stereocenters. The van der Waals surface area contributed by atoms with E-state index in [0.717, 1.165) is 25.7 Å². The first-order valence-electron chi connectivity index (χ1n) is 6.43. The van der Waals surface area contributed by atoms with Crippen LogP contribution in [0.1, 0.15) is 65.2 Å². The maximum absolute atomic E-state index is 11.7. The van der Waals surface area contributed by atoms with Crippen molar-refractivity contribution in [2.75, 3.05) is 12.3 Å². The lowest BCUT2D eigenvalue weighted by atomic mass is 10.2. The van der Waals surface area contributed by atoms with Gasteiger partial charge in [0.05, 0.1) is 0 Å². The van der Waals surface area contributed by atoms with Gasteiger partial charge in [0.2, 0.25) is 7.37 Å². The number of hydrogen-bond donors (Lipinski definition) is 1. The summed E-state index contributed by atoms with van der Waals surface area (Å²) in [6.45, 7) is 4.31.